The zero-order chi connectivity index (χ0) is 15.6. The minimum Gasteiger partial charge on any atom is -0.394 e. The Kier molecular flexibility index (Phi) is 9.49. The van der Waals surface area contributed by atoms with Gasteiger partial charge < -0.3 is 19.9 Å². The quantitative estimate of drug-likeness (QED) is 0.576. The van der Waals surface area contributed by atoms with Gasteiger partial charge in [-0.1, -0.05) is 13.8 Å². The summed E-state index contributed by atoms with van der Waals surface area (Å²) in [6, 6.07) is 0. The molecule has 4 heteroatoms. The Hall–Kier alpha value is -0.160. The van der Waals surface area contributed by atoms with Crippen LogP contribution in [0.2, 0.25) is 0 Å². The number of nitrogens with one attached hydrogen (secondary N) is 1. The van der Waals surface area contributed by atoms with Crippen molar-refractivity contribution in [3.63, 3.8) is 0 Å². The summed E-state index contributed by atoms with van der Waals surface area (Å²) in [7, 11) is 1.79. The number of ether oxygens (including phenoxy) is 2. The zero-order valence-corrected chi connectivity index (χ0v) is 14.2. The fraction of sp³-hybridized carbons (Fsp3) is 1.00. The first-order valence-corrected chi connectivity index (χ1v) is 8.70. The molecule has 2 N–H and O–H groups in total. The van der Waals surface area contributed by atoms with E-state index in [4.69, 9.17) is 9.47 Å². The van der Waals surface area contributed by atoms with Gasteiger partial charge in [0, 0.05) is 19.3 Å². The predicted octanol–water partition coefficient (Wildman–Crippen LogP) is 2.88. The first-order chi connectivity index (χ1) is 10.2. The maximum absolute atomic E-state index is 9.70. The Morgan fingerprint density at radius 1 is 1.24 bits per heavy atom. The van der Waals surface area contributed by atoms with E-state index in [1.165, 1.54) is 12.8 Å². The lowest BCUT2D eigenvalue weighted by atomic mass is 9.91. The lowest BCUT2D eigenvalue weighted by Gasteiger charge is -2.33. The molecule has 0 aromatic rings. The monoisotopic (exact) mass is 301 g/mol. The highest BCUT2D eigenvalue weighted by Crippen LogP contribution is 2.24. The number of aliphatic hydroxyl groups is 1. The minimum atomic E-state index is -0.124. The summed E-state index contributed by atoms with van der Waals surface area (Å²) in [6.45, 7) is 6.26. The molecular formula is C17H35NO3. The maximum Gasteiger partial charge on any atom is 0.0613 e. The molecular weight excluding hydrogens is 266 g/mol. The van der Waals surface area contributed by atoms with Crippen LogP contribution in [0, 0.1) is 0 Å². The molecule has 0 aromatic carbocycles. The van der Waals surface area contributed by atoms with E-state index in [1.54, 1.807) is 7.11 Å². The smallest absolute Gasteiger partial charge is 0.0613 e. The van der Waals surface area contributed by atoms with Gasteiger partial charge in [0.25, 0.3) is 0 Å². The van der Waals surface area contributed by atoms with Gasteiger partial charge in [0.1, 0.15) is 0 Å². The van der Waals surface area contributed by atoms with Crippen LogP contribution in [0.25, 0.3) is 0 Å². The molecule has 0 bridgehead atoms. The average molecular weight is 301 g/mol. The third-order valence-electron chi connectivity index (χ3n) is 4.79. The fourth-order valence-corrected chi connectivity index (χ4v) is 3.16. The van der Waals surface area contributed by atoms with Crippen molar-refractivity contribution in [1.82, 2.24) is 5.32 Å². The maximum atomic E-state index is 9.70. The largest absolute Gasteiger partial charge is 0.394 e. The number of hydrogen-bond donors (Lipinski definition) is 2. The molecule has 1 rings (SSSR count). The van der Waals surface area contributed by atoms with Crippen molar-refractivity contribution in [2.24, 2.45) is 0 Å². The van der Waals surface area contributed by atoms with Gasteiger partial charge in [0.2, 0.25) is 0 Å². The van der Waals surface area contributed by atoms with Gasteiger partial charge in [-0.2, -0.15) is 0 Å². The minimum absolute atomic E-state index is 0.124. The van der Waals surface area contributed by atoms with E-state index in [0.717, 1.165) is 51.7 Å². The van der Waals surface area contributed by atoms with Gasteiger partial charge in [-0.15, -0.1) is 0 Å². The highest BCUT2D eigenvalue weighted by atomic mass is 16.5. The molecule has 1 aliphatic rings. The van der Waals surface area contributed by atoms with Crippen LogP contribution in [0.3, 0.4) is 0 Å². The van der Waals surface area contributed by atoms with E-state index in [0.29, 0.717) is 12.2 Å². The summed E-state index contributed by atoms with van der Waals surface area (Å²) in [5.74, 6) is 0. The molecule has 1 fully saturated rings. The number of methoxy groups -OCH3 is 1. The van der Waals surface area contributed by atoms with Gasteiger partial charge in [0.05, 0.1) is 18.8 Å². The highest BCUT2D eigenvalue weighted by molar-refractivity contribution is 4.86. The second kappa shape index (κ2) is 10.5. The summed E-state index contributed by atoms with van der Waals surface area (Å²) >= 11 is 0. The first kappa shape index (κ1) is 18.9. The summed E-state index contributed by atoms with van der Waals surface area (Å²) in [6.07, 6.45) is 9.32. The molecule has 0 saturated heterocycles. The molecule has 0 aliphatic heterocycles. The topological polar surface area (TPSA) is 50.7 Å². The summed E-state index contributed by atoms with van der Waals surface area (Å²) in [5, 5.41) is 13.2. The van der Waals surface area contributed by atoms with Crippen molar-refractivity contribution >= 4 is 0 Å². The molecule has 0 spiro atoms. The standard InChI is InChI=1S/C17H35NO3/c1-4-11-18-17(5-2,14-19)10-7-12-21-16-9-6-8-15(13-16)20-3/h15-16,18-19H,4-14H2,1-3H3. The predicted molar refractivity (Wildman–Crippen MR) is 86.6 cm³/mol. The number of hydrogen-bond acceptors (Lipinski definition) is 4. The van der Waals surface area contributed by atoms with Gasteiger partial charge in [-0.3, -0.25) is 0 Å². The first-order valence-electron chi connectivity index (χ1n) is 8.70. The second-order valence-electron chi connectivity index (χ2n) is 6.34. The number of aliphatic hydroxyl groups excluding tert-OH is 1. The fourth-order valence-electron chi connectivity index (χ4n) is 3.16. The molecule has 4 nitrogen and oxygen atoms in total. The molecule has 0 radical (unpaired) electrons. The molecule has 3 atom stereocenters. The van der Waals surface area contributed by atoms with Crippen LogP contribution < -0.4 is 5.32 Å². The van der Waals surface area contributed by atoms with Crippen molar-refractivity contribution in [2.75, 3.05) is 26.9 Å². The van der Waals surface area contributed by atoms with E-state index in [9.17, 15) is 5.11 Å². The van der Waals surface area contributed by atoms with Gasteiger partial charge in [-0.25, -0.2) is 0 Å². The van der Waals surface area contributed by atoms with Crippen LogP contribution in [-0.4, -0.2) is 49.7 Å². The van der Waals surface area contributed by atoms with Crippen LogP contribution in [0.4, 0.5) is 0 Å². The molecule has 0 heterocycles. The van der Waals surface area contributed by atoms with E-state index in [-0.39, 0.29) is 12.1 Å². The summed E-state index contributed by atoms with van der Waals surface area (Å²) in [5.41, 5.74) is -0.124. The second-order valence-corrected chi connectivity index (χ2v) is 6.34. The van der Waals surface area contributed by atoms with Crippen molar-refractivity contribution in [1.29, 1.82) is 0 Å². The Morgan fingerprint density at radius 3 is 2.62 bits per heavy atom. The Morgan fingerprint density at radius 2 is 2.00 bits per heavy atom. The van der Waals surface area contributed by atoms with Crippen LogP contribution in [-0.2, 0) is 9.47 Å². The van der Waals surface area contributed by atoms with Crippen LogP contribution >= 0.6 is 0 Å². The molecule has 1 aliphatic carbocycles. The lowest BCUT2D eigenvalue weighted by Crippen LogP contribution is -2.48. The van der Waals surface area contributed by atoms with E-state index in [1.807, 2.05) is 0 Å². The normalized spacial score (nSPS) is 25.7. The van der Waals surface area contributed by atoms with Gasteiger partial charge in [0.15, 0.2) is 0 Å². The van der Waals surface area contributed by atoms with E-state index >= 15 is 0 Å². The third kappa shape index (κ3) is 6.64. The molecule has 3 unspecified atom stereocenters. The molecule has 0 amide bonds. The van der Waals surface area contributed by atoms with Gasteiger partial charge >= 0.3 is 0 Å². The Balaban J connectivity index is 2.24. The lowest BCUT2D eigenvalue weighted by molar-refractivity contribution is -0.0321. The summed E-state index contributed by atoms with van der Waals surface area (Å²) < 4.78 is 11.5. The summed E-state index contributed by atoms with van der Waals surface area (Å²) in [4.78, 5) is 0. The van der Waals surface area contributed by atoms with Crippen LogP contribution in [0.5, 0.6) is 0 Å². The SMILES string of the molecule is CCCNC(CC)(CO)CCCOC1CCCC(OC)C1. The molecule has 126 valence electrons. The van der Waals surface area contributed by atoms with E-state index < -0.39 is 0 Å². The van der Waals surface area contributed by atoms with Crippen LogP contribution in [0.15, 0.2) is 0 Å². The van der Waals surface area contributed by atoms with Crippen molar-refractivity contribution < 1.29 is 14.6 Å². The van der Waals surface area contributed by atoms with Gasteiger partial charge in [-0.05, 0) is 57.9 Å². The van der Waals surface area contributed by atoms with Crippen LogP contribution in [0.1, 0.15) is 65.2 Å². The van der Waals surface area contributed by atoms with Crippen molar-refractivity contribution in [3.05, 3.63) is 0 Å². The highest BCUT2D eigenvalue weighted by Gasteiger charge is 2.26. The van der Waals surface area contributed by atoms with Crippen molar-refractivity contribution in [3.8, 4) is 0 Å². The molecule has 1 saturated carbocycles. The zero-order valence-electron chi connectivity index (χ0n) is 14.2. The van der Waals surface area contributed by atoms with Crippen molar-refractivity contribution in [2.45, 2.75) is 83.0 Å². The average Bonchev–Trinajstić information content (AvgIpc) is 2.55. The Labute approximate surface area is 130 Å². The third-order valence-corrected chi connectivity index (χ3v) is 4.79. The molecule has 21 heavy (non-hydrogen) atoms. The number of rotatable bonds is 11. The Bertz CT molecular complexity index is 256. The van der Waals surface area contributed by atoms with E-state index in [2.05, 4.69) is 19.2 Å². The molecule has 0 aromatic heterocycles.